The average Bonchev–Trinajstić information content (AvgIpc) is 2.67. The van der Waals surface area contributed by atoms with Gasteiger partial charge in [-0.05, 0) is 30.7 Å². The summed E-state index contributed by atoms with van der Waals surface area (Å²) >= 11 is 3.37. The highest BCUT2D eigenvalue weighted by Gasteiger charge is 2.17. The minimum Gasteiger partial charge on any atom is -0.339 e. The van der Waals surface area contributed by atoms with Crippen molar-refractivity contribution in [2.45, 2.75) is 25.9 Å². The van der Waals surface area contributed by atoms with E-state index in [2.05, 4.69) is 20.9 Å². The Hall–Kier alpha value is -2.47. The van der Waals surface area contributed by atoms with E-state index in [1.807, 2.05) is 43.3 Å². The van der Waals surface area contributed by atoms with Crippen LogP contribution in [0, 0.1) is 0 Å². The van der Waals surface area contributed by atoms with E-state index in [1.54, 1.807) is 24.1 Å². The fraction of sp³-hybridized carbons (Fsp3) is 0.250. The number of benzene rings is 2. The van der Waals surface area contributed by atoms with Crippen molar-refractivity contribution in [1.29, 1.82) is 0 Å². The molecule has 0 aliphatic rings. The second kappa shape index (κ2) is 7.83. The van der Waals surface area contributed by atoms with Crippen LogP contribution in [0.5, 0.6) is 0 Å². The number of nitrogens with zero attached hydrogens (tertiary/aromatic N) is 3. The molecule has 0 saturated carbocycles. The van der Waals surface area contributed by atoms with E-state index in [0.29, 0.717) is 17.4 Å². The van der Waals surface area contributed by atoms with Crippen molar-refractivity contribution in [2.75, 3.05) is 7.05 Å². The lowest BCUT2D eigenvalue weighted by Crippen LogP contribution is -2.31. The minimum atomic E-state index is -0.136. The van der Waals surface area contributed by atoms with Gasteiger partial charge in [-0.1, -0.05) is 46.3 Å². The Morgan fingerprint density at radius 1 is 1.23 bits per heavy atom. The molecule has 1 aromatic heterocycles. The zero-order valence-electron chi connectivity index (χ0n) is 14.7. The van der Waals surface area contributed by atoms with Gasteiger partial charge in [0.1, 0.15) is 0 Å². The molecule has 0 bridgehead atoms. The zero-order valence-corrected chi connectivity index (χ0v) is 16.3. The summed E-state index contributed by atoms with van der Waals surface area (Å²) in [7, 11) is 1.79. The topological polar surface area (TPSA) is 55.2 Å². The molecule has 6 heteroatoms. The van der Waals surface area contributed by atoms with Gasteiger partial charge in [-0.15, -0.1) is 0 Å². The van der Waals surface area contributed by atoms with Gasteiger partial charge in [0, 0.05) is 24.5 Å². The standard InChI is InChI=1S/C20H20BrN3O2/c1-14(15-6-4-3-5-7-15)23(2)19(25)10-11-24-13-22-18-9-8-16(21)12-17(18)20(24)26/h3-9,12-14H,10-11H2,1-2H3. The molecule has 3 aromatic rings. The highest BCUT2D eigenvalue weighted by Crippen LogP contribution is 2.19. The fourth-order valence-electron chi connectivity index (χ4n) is 2.85. The number of aromatic nitrogens is 2. The van der Waals surface area contributed by atoms with Crippen LogP contribution in [0.2, 0.25) is 0 Å². The SMILES string of the molecule is CC(c1ccccc1)N(C)C(=O)CCn1cnc2ccc(Br)cc2c1=O. The van der Waals surface area contributed by atoms with Crippen molar-refractivity contribution in [3.63, 3.8) is 0 Å². The van der Waals surface area contributed by atoms with Crippen LogP contribution < -0.4 is 5.56 Å². The number of amides is 1. The Morgan fingerprint density at radius 2 is 1.96 bits per heavy atom. The van der Waals surface area contributed by atoms with Gasteiger partial charge in [0.25, 0.3) is 5.56 Å². The fourth-order valence-corrected chi connectivity index (χ4v) is 3.22. The number of hydrogen-bond donors (Lipinski definition) is 0. The maximum atomic E-state index is 12.6. The zero-order chi connectivity index (χ0) is 18.7. The number of carbonyl (C=O) groups is 1. The number of fused-ring (bicyclic) bond motifs is 1. The molecule has 134 valence electrons. The van der Waals surface area contributed by atoms with Gasteiger partial charge in [-0.2, -0.15) is 0 Å². The van der Waals surface area contributed by atoms with Crippen LogP contribution in [0.25, 0.3) is 10.9 Å². The van der Waals surface area contributed by atoms with Crippen LogP contribution in [0.1, 0.15) is 24.9 Å². The molecule has 0 aliphatic carbocycles. The summed E-state index contributed by atoms with van der Waals surface area (Å²) in [4.78, 5) is 31.2. The Bertz CT molecular complexity index is 985. The molecule has 26 heavy (non-hydrogen) atoms. The van der Waals surface area contributed by atoms with E-state index in [1.165, 1.54) is 10.9 Å². The Balaban J connectivity index is 1.72. The van der Waals surface area contributed by atoms with Crippen LogP contribution in [-0.4, -0.2) is 27.4 Å². The number of aryl methyl sites for hydroxylation is 1. The van der Waals surface area contributed by atoms with Gasteiger partial charge in [0.05, 0.1) is 23.3 Å². The van der Waals surface area contributed by atoms with E-state index in [9.17, 15) is 9.59 Å². The highest BCUT2D eigenvalue weighted by atomic mass is 79.9. The van der Waals surface area contributed by atoms with Crippen molar-refractivity contribution in [2.24, 2.45) is 0 Å². The van der Waals surface area contributed by atoms with Gasteiger partial charge >= 0.3 is 0 Å². The summed E-state index contributed by atoms with van der Waals surface area (Å²) in [6.45, 7) is 2.30. The third-order valence-electron chi connectivity index (χ3n) is 4.61. The summed E-state index contributed by atoms with van der Waals surface area (Å²) in [5.74, 6) is -0.0115. The lowest BCUT2D eigenvalue weighted by molar-refractivity contribution is -0.132. The second-order valence-corrected chi connectivity index (χ2v) is 7.16. The first-order valence-corrected chi connectivity index (χ1v) is 9.22. The van der Waals surface area contributed by atoms with Crippen molar-refractivity contribution in [1.82, 2.24) is 14.5 Å². The van der Waals surface area contributed by atoms with Crippen molar-refractivity contribution >= 4 is 32.7 Å². The molecule has 5 nitrogen and oxygen atoms in total. The predicted octanol–water partition coefficient (Wildman–Crippen LogP) is 3.77. The molecule has 1 heterocycles. The first-order chi connectivity index (χ1) is 12.5. The van der Waals surface area contributed by atoms with Crippen LogP contribution >= 0.6 is 15.9 Å². The molecular formula is C20H20BrN3O2. The minimum absolute atomic E-state index is 0.0115. The molecule has 2 aromatic carbocycles. The van der Waals surface area contributed by atoms with E-state index < -0.39 is 0 Å². The molecule has 1 amide bonds. The summed E-state index contributed by atoms with van der Waals surface area (Å²) in [6, 6.07) is 15.3. The number of hydrogen-bond acceptors (Lipinski definition) is 3. The number of rotatable bonds is 5. The molecule has 0 fully saturated rings. The molecule has 1 unspecified atom stereocenters. The third kappa shape index (κ3) is 3.85. The van der Waals surface area contributed by atoms with Gasteiger partial charge < -0.3 is 4.90 Å². The lowest BCUT2D eigenvalue weighted by atomic mass is 10.1. The predicted molar refractivity (Wildman–Crippen MR) is 106 cm³/mol. The van der Waals surface area contributed by atoms with E-state index in [-0.39, 0.29) is 23.9 Å². The van der Waals surface area contributed by atoms with Crippen molar-refractivity contribution in [3.8, 4) is 0 Å². The summed E-state index contributed by atoms with van der Waals surface area (Å²) in [6.07, 6.45) is 1.75. The quantitative estimate of drug-likeness (QED) is 0.639. The molecule has 0 spiro atoms. The van der Waals surface area contributed by atoms with Gasteiger partial charge in [-0.3, -0.25) is 14.2 Å². The largest absolute Gasteiger partial charge is 0.339 e. The van der Waals surface area contributed by atoms with Crippen LogP contribution in [-0.2, 0) is 11.3 Å². The molecular weight excluding hydrogens is 394 g/mol. The van der Waals surface area contributed by atoms with E-state index in [0.717, 1.165) is 10.0 Å². The number of carbonyl (C=O) groups excluding carboxylic acids is 1. The molecule has 0 aliphatic heterocycles. The van der Waals surface area contributed by atoms with E-state index >= 15 is 0 Å². The van der Waals surface area contributed by atoms with Gasteiger partial charge in [0.15, 0.2) is 0 Å². The molecule has 0 saturated heterocycles. The molecule has 0 N–H and O–H groups in total. The Labute approximate surface area is 160 Å². The molecule has 1 atom stereocenters. The van der Waals surface area contributed by atoms with Crippen molar-refractivity contribution < 1.29 is 4.79 Å². The lowest BCUT2D eigenvalue weighted by Gasteiger charge is -2.25. The second-order valence-electron chi connectivity index (χ2n) is 6.25. The maximum absolute atomic E-state index is 12.6. The van der Waals surface area contributed by atoms with Crippen molar-refractivity contribution in [3.05, 3.63) is 75.2 Å². The van der Waals surface area contributed by atoms with Gasteiger partial charge in [-0.25, -0.2) is 4.98 Å². The first kappa shape index (κ1) is 18.3. The Morgan fingerprint density at radius 3 is 2.69 bits per heavy atom. The summed E-state index contributed by atoms with van der Waals surface area (Å²) in [5, 5.41) is 0.542. The van der Waals surface area contributed by atoms with E-state index in [4.69, 9.17) is 0 Å². The summed E-state index contributed by atoms with van der Waals surface area (Å²) < 4.78 is 2.32. The normalized spacial score (nSPS) is 12.1. The highest BCUT2D eigenvalue weighted by molar-refractivity contribution is 9.10. The Kier molecular flexibility index (Phi) is 5.52. The van der Waals surface area contributed by atoms with Crippen LogP contribution in [0.4, 0.5) is 0 Å². The summed E-state index contributed by atoms with van der Waals surface area (Å²) in [5.41, 5.74) is 1.59. The number of halogens is 1. The van der Waals surface area contributed by atoms with Crippen LogP contribution in [0.3, 0.4) is 0 Å². The maximum Gasteiger partial charge on any atom is 0.261 e. The monoisotopic (exact) mass is 413 g/mol. The third-order valence-corrected chi connectivity index (χ3v) is 5.10. The van der Waals surface area contributed by atoms with Crippen LogP contribution in [0.15, 0.2) is 64.1 Å². The first-order valence-electron chi connectivity index (χ1n) is 8.42. The smallest absolute Gasteiger partial charge is 0.261 e. The van der Waals surface area contributed by atoms with Gasteiger partial charge in [0.2, 0.25) is 5.91 Å². The molecule has 0 radical (unpaired) electrons. The molecule has 3 rings (SSSR count). The average molecular weight is 414 g/mol.